The zero-order valence-electron chi connectivity index (χ0n) is 23.6. The van der Waals surface area contributed by atoms with Crippen molar-refractivity contribution < 1.29 is 23.5 Å². The summed E-state index contributed by atoms with van der Waals surface area (Å²) in [6, 6.07) is 17.3. The molecular weight excluding hydrogens is 492 g/mol. The molecule has 1 aromatic heterocycles. The Kier molecular flexibility index (Phi) is 16.0. The number of fused-ring (bicyclic) bond motifs is 1. The van der Waals surface area contributed by atoms with E-state index >= 15 is 0 Å². The average Bonchev–Trinajstić information content (AvgIpc) is 2.96. The Labute approximate surface area is 232 Å². The molecule has 0 spiro atoms. The number of benzene rings is 2. The Balaban J connectivity index is 0.000000397. The first-order valence-corrected chi connectivity index (χ1v) is 14.5. The predicted molar refractivity (Wildman–Crippen MR) is 156 cm³/mol. The summed E-state index contributed by atoms with van der Waals surface area (Å²) in [5.74, 6) is -0.888. The van der Waals surface area contributed by atoms with Gasteiger partial charge in [-0.25, -0.2) is 14.4 Å². The van der Waals surface area contributed by atoms with E-state index in [-0.39, 0.29) is 5.63 Å². The number of unbranched alkanes of at least 4 members (excludes halogenated alkanes) is 10. The van der Waals surface area contributed by atoms with Crippen molar-refractivity contribution >= 4 is 22.9 Å². The van der Waals surface area contributed by atoms with Gasteiger partial charge >= 0.3 is 17.6 Å². The quantitative estimate of drug-likeness (QED) is 0.104. The lowest BCUT2D eigenvalue weighted by Crippen LogP contribution is -2.15. The minimum absolute atomic E-state index is 0.293. The van der Waals surface area contributed by atoms with Crippen LogP contribution in [0.5, 0.6) is 0 Å². The van der Waals surface area contributed by atoms with Gasteiger partial charge in [0.05, 0.1) is 24.3 Å². The van der Waals surface area contributed by atoms with Crippen LogP contribution in [0.25, 0.3) is 11.0 Å². The maximum absolute atomic E-state index is 12.4. The summed E-state index contributed by atoms with van der Waals surface area (Å²) in [5, 5.41) is 0.951. The first kappa shape index (κ1) is 31.8. The molecule has 2 aromatic carbocycles. The van der Waals surface area contributed by atoms with E-state index in [9.17, 15) is 14.4 Å². The molecule has 3 rings (SSSR count). The molecule has 0 aliphatic carbocycles. The summed E-state index contributed by atoms with van der Waals surface area (Å²) in [6.45, 7) is 5.17. The highest BCUT2D eigenvalue weighted by Gasteiger charge is 2.18. The molecule has 212 valence electrons. The highest BCUT2D eigenvalue weighted by Crippen LogP contribution is 2.14. The molecule has 0 bridgehead atoms. The molecule has 0 unspecified atom stereocenters. The second-order valence-corrected chi connectivity index (χ2v) is 9.65. The molecule has 0 N–H and O–H groups in total. The van der Waals surface area contributed by atoms with Gasteiger partial charge in [0.25, 0.3) is 0 Å². The fraction of sp³-hybridized carbons (Fsp3) is 0.485. The van der Waals surface area contributed by atoms with Crippen molar-refractivity contribution in [1.82, 2.24) is 0 Å². The van der Waals surface area contributed by atoms with Crippen molar-refractivity contribution in [3.8, 4) is 0 Å². The second-order valence-electron chi connectivity index (χ2n) is 9.65. The van der Waals surface area contributed by atoms with Crippen LogP contribution >= 0.6 is 0 Å². The van der Waals surface area contributed by atoms with Crippen LogP contribution in [-0.4, -0.2) is 25.2 Å². The zero-order valence-corrected chi connectivity index (χ0v) is 23.6. The van der Waals surface area contributed by atoms with E-state index < -0.39 is 11.9 Å². The van der Waals surface area contributed by atoms with Crippen LogP contribution < -0.4 is 5.63 Å². The van der Waals surface area contributed by atoms with E-state index in [0.717, 1.165) is 31.1 Å². The number of hydrogen-bond acceptors (Lipinski definition) is 6. The monoisotopic (exact) mass is 536 g/mol. The van der Waals surface area contributed by atoms with Gasteiger partial charge in [-0.3, -0.25) is 0 Å². The van der Waals surface area contributed by atoms with Gasteiger partial charge in [-0.1, -0.05) is 108 Å². The molecule has 6 heteroatoms. The summed E-state index contributed by atoms with van der Waals surface area (Å²) in [5.41, 5.74) is 0.923. The van der Waals surface area contributed by atoms with Gasteiger partial charge in [0.1, 0.15) is 5.58 Å². The van der Waals surface area contributed by atoms with Crippen LogP contribution in [0, 0.1) is 0 Å². The van der Waals surface area contributed by atoms with Gasteiger partial charge in [0, 0.05) is 11.5 Å². The summed E-state index contributed by atoms with van der Waals surface area (Å²) in [7, 11) is 0. The summed E-state index contributed by atoms with van der Waals surface area (Å²) in [6.07, 6.45) is 13.6. The Bertz CT molecular complexity index is 1120. The molecular formula is C33H44O6. The fourth-order valence-corrected chi connectivity index (χ4v) is 4.10. The lowest BCUT2D eigenvalue weighted by Gasteiger charge is -2.10. The van der Waals surface area contributed by atoms with Gasteiger partial charge in [-0.2, -0.15) is 0 Å². The topological polar surface area (TPSA) is 82.8 Å². The second kappa shape index (κ2) is 19.6. The zero-order chi connectivity index (χ0) is 28.1. The van der Waals surface area contributed by atoms with Crippen molar-refractivity contribution in [2.45, 2.75) is 90.9 Å². The third-order valence-electron chi connectivity index (χ3n) is 6.36. The van der Waals surface area contributed by atoms with Gasteiger partial charge in [0.15, 0.2) is 0 Å². The minimum atomic E-state index is -0.444. The van der Waals surface area contributed by atoms with Crippen LogP contribution in [0.15, 0.2) is 69.9 Å². The van der Waals surface area contributed by atoms with E-state index in [1.54, 1.807) is 36.4 Å². The normalized spacial score (nSPS) is 10.5. The molecule has 0 aliphatic rings. The van der Waals surface area contributed by atoms with Crippen molar-refractivity contribution in [3.05, 3.63) is 82.2 Å². The lowest BCUT2D eigenvalue weighted by molar-refractivity contribution is 0.0450. The third kappa shape index (κ3) is 12.8. The van der Waals surface area contributed by atoms with Gasteiger partial charge < -0.3 is 13.9 Å². The fourth-order valence-electron chi connectivity index (χ4n) is 4.10. The Morgan fingerprint density at radius 3 is 1.59 bits per heavy atom. The maximum Gasteiger partial charge on any atom is 0.339 e. The first-order chi connectivity index (χ1) is 19.1. The molecule has 0 fully saturated rings. The van der Waals surface area contributed by atoms with Crippen LogP contribution in [0.1, 0.15) is 112 Å². The third-order valence-corrected chi connectivity index (χ3v) is 6.36. The standard InChI is InChI=1S/C24H38O4.C9H6O2/c1-3-5-7-9-11-15-19-27-23(25)21-17-13-14-18-22(21)24(26)28-20-16-12-10-8-6-4-2;10-9-6-5-7-3-1-2-4-8(7)11-9/h13-14,17-18H,3-12,15-16,19-20H2,1-2H3;1-6H. The van der Waals surface area contributed by atoms with Gasteiger partial charge in [0.2, 0.25) is 0 Å². The molecule has 39 heavy (non-hydrogen) atoms. The van der Waals surface area contributed by atoms with Crippen molar-refractivity contribution in [1.29, 1.82) is 0 Å². The minimum Gasteiger partial charge on any atom is -0.462 e. The van der Waals surface area contributed by atoms with E-state index in [1.807, 2.05) is 18.2 Å². The SMILES string of the molecule is CCCCCCCCOC(=O)c1ccccc1C(=O)OCCCCCCCC.O=c1ccc2ccccc2o1. The Hall–Kier alpha value is -3.41. The van der Waals surface area contributed by atoms with Crippen LogP contribution in [-0.2, 0) is 9.47 Å². The molecule has 1 heterocycles. The molecule has 0 saturated heterocycles. The first-order valence-electron chi connectivity index (χ1n) is 14.5. The van der Waals surface area contributed by atoms with Crippen LogP contribution in [0.2, 0.25) is 0 Å². The Morgan fingerprint density at radius 1 is 0.590 bits per heavy atom. The van der Waals surface area contributed by atoms with E-state index in [4.69, 9.17) is 13.9 Å². The summed E-state index contributed by atoms with van der Waals surface area (Å²) in [4.78, 5) is 35.4. The Morgan fingerprint density at radius 2 is 1.05 bits per heavy atom. The number of hydrogen-bond donors (Lipinski definition) is 0. The molecule has 0 atom stereocenters. The number of carbonyl (C=O) groups excluding carboxylic acids is 2. The number of carbonyl (C=O) groups is 2. The number of ether oxygens (including phenoxy) is 2. The van der Waals surface area contributed by atoms with E-state index in [1.165, 1.54) is 57.4 Å². The summed E-state index contributed by atoms with van der Waals surface area (Å²) >= 11 is 0. The molecule has 0 amide bonds. The highest BCUT2D eigenvalue weighted by atomic mass is 16.5. The van der Waals surface area contributed by atoms with Gasteiger partial charge in [-0.15, -0.1) is 0 Å². The molecule has 6 nitrogen and oxygen atoms in total. The van der Waals surface area contributed by atoms with Crippen molar-refractivity contribution in [3.63, 3.8) is 0 Å². The number of esters is 2. The van der Waals surface area contributed by atoms with Crippen molar-refractivity contribution in [2.24, 2.45) is 0 Å². The molecule has 0 aliphatic heterocycles. The molecule has 0 saturated carbocycles. The van der Waals surface area contributed by atoms with Crippen LogP contribution in [0.3, 0.4) is 0 Å². The number of rotatable bonds is 16. The average molecular weight is 537 g/mol. The van der Waals surface area contributed by atoms with Crippen LogP contribution in [0.4, 0.5) is 0 Å². The highest BCUT2D eigenvalue weighted by molar-refractivity contribution is 6.03. The maximum atomic E-state index is 12.4. The van der Waals surface area contributed by atoms with Crippen molar-refractivity contribution in [2.75, 3.05) is 13.2 Å². The largest absolute Gasteiger partial charge is 0.462 e. The number of para-hydroxylation sites is 1. The van der Waals surface area contributed by atoms with Gasteiger partial charge in [-0.05, 0) is 37.1 Å². The predicted octanol–water partition coefficient (Wildman–Crippen LogP) is 8.51. The van der Waals surface area contributed by atoms with E-state index in [2.05, 4.69) is 13.8 Å². The molecule has 0 radical (unpaired) electrons. The van der Waals surface area contributed by atoms with E-state index in [0.29, 0.717) is 29.9 Å². The summed E-state index contributed by atoms with van der Waals surface area (Å²) < 4.78 is 15.6. The molecule has 3 aromatic rings. The smallest absolute Gasteiger partial charge is 0.339 e. The lowest BCUT2D eigenvalue weighted by atomic mass is 10.1.